The van der Waals surface area contributed by atoms with Crippen molar-refractivity contribution in [3.63, 3.8) is 0 Å². The molecule has 0 aliphatic carbocycles. The van der Waals surface area contributed by atoms with E-state index < -0.39 is 22.4 Å². The van der Waals surface area contributed by atoms with Crippen LogP contribution in [-0.4, -0.2) is 50.6 Å². The van der Waals surface area contributed by atoms with Crippen LogP contribution in [0.1, 0.15) is 53.4 Å². The highest BCUT2D eigenvalue weighted by Crippen LogP contribution is 2.26. The molecular weight excluding hydrogens is 288 g/mol. The van der Waals surface area contributed by atoms with E-state index in [1.54, 1.807) is 11.2 Å². The molecule has 6 heteroatoms. The average Bonchev–Trinajstić information content (AvgIpc) is 2.47. The summed E-state index contributed by atoms with van der Waals surface area (Å²) in [7, 11) is -0.909. The van der Waals surface area contributed by atoms with Crippen LogP contribution in [0.3, 0.4) is 0 Å². The van der Waals surface area contributed by atoms with Gasteiger partial charge in [-0.15, -0.1) is 0 Å². The molecule has 3 unspecified atom stereocenters. The highest BCUT2D eigenvalue weighted by atomic mass is 32.2. The first kappa shape index (κ1) is 18.1. The second-order valence-electron chi connectivity index (χ2n) is 5.80. The Hall–Kier alpha value is -0.910. The first-order valence-electron chi connectivity index (χ1n) is 7.78. The number of nitrogens with zero attached hydrogens (tertiary/aromatic N) is 1. The fourth-order valence-electron chi connectivity index (χ4n) is 2.81. The molecule has 1 saturated heterocycles. The van der Waals surface area contributed by atoms with E-state index in [4.69, 9.17) is 0 Å². The van der Waals surface area contributed by atoms with Crippen molar-refractivity contribution in [2.24, 2.45) is 0 Å². The summed E-state index contributed by atoms with van der Waals surface area (Å²) in [4.78, 5) is 26.9. The van der Waals surface area contributed by atoms with Gasteiger partial charge in [0, 0.05) is 28.9 Å². The zero-order valence-electron chi connectivity index (χ0n) is 13.8. The van der Waals surface area contributed by atoms with Gasteiger partial charge in [-0.2, -0.15) is 0 Å². The molecule has 5 nitrogen and oxygen atoms in total. The molecule has 1 N–H and O–H groups in total. The maximum absolute atomic E-state index is 12.8. The summed E-state index contributed by atoms with van der Waals surface area (Å²) >= 11 is 0. The normalized spacial score (nSPS) is 24.6. The van der Waals surface area contributed by atoms with Gasteiger partial charge in [-0.25, -0.2) is 0 Å². The van der Waals surface area contributed by atoms with E-state index >= 15 is 0 Å². The van der Waals surface area contributed by atoms with E-state index in [1.807, 2.05) is 27.7 Å². The number of hydrogen-bond donors (Lipinski definition) is 1. The molecule has 0 spiro atoms. The van der Waals surface area contributed by atoms with E-state index in [0.717, 1.165) is 0 Å². The molecule has 3 atom stereocenters. The quantitative estimate of drug-likeness (QED) is 0.773. The van der Waals surface area contributed by atoms with Crippen LogP contribution >= 0.6 is 0 Å². The molecule has 0 radical (unpaired) electrons. The Morgan fingerprint density at radius 3 is 2.29 bits per heavy atom. The number of carbonyl (C=O) groups excluding carboxylic acids is 2. The highest BCUT2D eigenvalue weighted by Gasteiger charge is 2.47. The van der Waals surface area contributed by atoms with E-state index in [1.165, 1.54) is 0 Å². The molecule has 0 aromatic carbocycles. The molecule has 1 aliphatic rings. The molecule has 1 aliphatic heterocycles. The number of nitrogens with one attached hydrogen (secondary N) is 1. The fraction of sp³-hybridized carbons (Fsp3) is 0.867. The minimum atomic E-state index is -0.909. The van der Waals surface area contributed by atoms with E-state index in [-0.39, 0.29) is 17.1 Å². The van der Waals surface area contributed by atoms with Crippen LogP contribution in [-0.2, 0) is 20.4 Å². The number of carbonyl (C=O) groups is 2. The predicted octanol–water partition coefficient (Wildman–Crippen LogP) is 1.44. The van der Waals surface area contributed by atoms with Crippen molar-refractivity contribution in [3.8, 4) is 0 Å². The summed E-state index contributed by atoms with van der Waals surface area (Å²) in [5, 5.41) is 2.96. The lowest BCUT2D eigenvalue weighted by atomic mass is 9.86. The van der Waals surface area contributed by atoms with Crippen molar-refractivity contribution in [2.75, 3.05) is 12.8 Å². The smallest absolute Gasteiger partial charge is 0.248 e. The Balaban J connectivity index is 2.96. The lowest BCUT2D eigenvalue weighted by Crippen LogP contribution is -2.70. The van der Waals surface area contributed by atoms with Crippen LogP contribution in [0.4, 0.5) is 0 Å². The van der Waals surface area contributed by atoms with E-state index in [0.29, 0.717) is 32.2 Å². The molecule has 0 aromatic rings. The predicted molar refractivity (Wildman–Crippen MR) is 85.4 cm³/mol. The molecule has 122 valence electrons. The molecule has 0 saturated carbocycles. The number of amides is 2. The summed E-state index contributed by atoms with van der Waals surface area (Å²) < 4.78 is 11.5. The van der Waals surface area contributed by atoms with Crippen LogP contribution in [0.25, 0.3) is 0 Å². The maximum atomic E-state index is 12.8. The summed E-state index contributed by atoms with van der Waals surface area (Å²) in [6.07, 6.45) is 4.12. The number of piperazine rings is 1. The van der Waals surface area contributed by atoms with Crippen molar-refractivity contribution in [2.45, 2.75) is 70.2 Å². The van der Waals surface area contributed by atoms with Crippen LogP contribution in [0.5, 0.6) is 0 Å². The Morgan fingerprint density at radius 2 is 1.86 bits per heavy atom. The maximum Gasteiger partial charge on any atom is 0.248 e. The molecule has 0 bridgehead atoms. The molecule has 2 amide bonds. The van der Waals surface area contributed by atoms with E-state index in [2.05, 4.69) is 5.32 Å². The third kappa shape index (κ3) is 3.65. The highest BCUT2D eigenvalue weighted by molar-refractivity contribution is 7.84. The van der Waals surface area contributed by atoms with E-state index in [9.17, 15) is 13.8 Å². The number of rotatable bonds is 7. The molecule has 1 rings (SSSR count). The number of hydrogen-bond acceptors (Lipinski definition) is 3. The summed E-state index contributed by atoms with van der Waals surface area (Å²) in [6, 6.07) is -0.402. The summed E-state index contributed by atoms with van der Waals surface area (Å²) in [6.45, 7) is 8.17. The lowest BCUT2D eigenvalue weighted by Gasteiger charge is -2.45. The molecule has 21 heavy (non-hydrogen) atoms. The van der Waals surface area contributed by atoms with Crippen molar-refractivity contribution < 1.29 is 13.8 Å². The van der Waals surface area contributed by atoms with Gasteiger partial charge in [0.15, 0.2) is 0 Å². The third-order valence-electron chi connectivity index (χ3n) is 4.65. The zero-order chi connectivity index (χ0) is 16.2. The van der Waals surface area contributed by atoms with Gasteiger partial charge in [-0.05, 0) is 25.7 Å². The van der Waals surface area contributed by atoms with Gasteiger partial charge in [0.05, 0.1) is 0 Å². The first-order valence-corrected chi connectivity index (χ1v) is 9.40. The Kier molecular flexibility index (Phi) is 6.38. The van der Waals surface area contributed by atoms with Gasteiger partial charge in [0.2, 0.25) is 11.8 Å². The fourth-order valence-corrected chi connectivity index (χ4v) is 3.25. The minimum Gasteiger partial charge on any atom is -0.340 e. The monoisotopic (exact) mass is 316 g/mol. The lowest BCUT2D eigenvalue weighted by molar-refractivity contribution is -0.155. The van der Waals surface area contributed by atoms with Crippen LogP contribution in [0, 0.1) is 0 Å². The van der Waals surface area contributed by atoms with Gasteiger partial charge in [-0.3, -0.25) is 13.8 Å². The SMILES string of the molecule is CCC1C(=O)NC(CC)(CC)C(=O)N1CCC(C)S(C)=O. The summed E-state index contributed by atoms with van der Waals surface area (Å²) in [5.41, 5.74) is -0.767. The Morgan fingerprint density at radius 1 is 1.29 bits per heavy atom. The zero-order valence-corrected chi connectivity index (χ0v) is 14.6. The average molecular weight is 316 g/mol. The van der Waals surface area contributed by atoms with Gasteiger partial charge in [0.25, 0.3) is 0 Å². The van der Waals surface area contributed by atoms with Gasteiger partial charge in [0.1, 0.15) is 11.6 Å². The van der Waals surface area contributed by atoms with Crippen molar-refractivity contribution in [1.82, 2.24) is 10.2 Å². The third-order valence-corrected chi connectivity index (χ3v) is 6.02. The molecule has 1 fully saturated rings. The van der Waals surface area contributed by atoms with Crippen LogP contribution in [0.2, 0.25) is 0 Å². The Labute approximate surface area is 130 Å². The molecule has 0 aromatic heterocycles. The minimum absolute atomic E-state index is 0.00744. The largest absolute Gasteiger partial charge is 0.340 e. The summed E-state index contributed by atoms with van der Waals surface area (Å²) in [5.74, 6) is -0.0564. The molecular formula is C15H28N2O3S. The van der Waals surface area contributed by atoms with Crippen LogP contribution < -0.4 is 5.32 Å². The standard InChI is InChI=1S/C15H28N2O3S/c1-6-12-13(18)16-15(7-2,8-3)14(19)17(12)10-9-11(4)21(5)20/h11-12H,6-10H2,1-5H3,(H,16,18). The first-order chi connectivity index (χ1) is 9.82. The Bertz CT molecular complexity index is 421. The van der Waals surface area contributed by atoms with Gasteiger partial charge < -0.3 is 10.2 Å². The topological polar surface area (TPSA) is 66.5 Å². The van der Waals surface area contributed by atoms with Crippen LogP contribution in [0.15, 0.2) is 0 Å². The van der Waals surface area contributed by atoms with Gasteiger partial charge >= 0.3 is 0 Å². The van der Waals surface area contributed by atoms with Crippen molar-refractivity contribution in [3.05, 3.63) is 0 Å². The van der Waals surface area contributed by atoms with Crippen molar-refractivity contribution >= 4 is 22.6 Å². The van der Waals surface area contributed by atoms with Gasteiger partial charge in [-0.1, -0.05) is 27.7 Å². The molecule has 1 heterocycles. The second-order valence-corrected chi connectivity index (χ2v) is 7.60. The second kappa shape index (κ2) is 7.38. The van der Waals surface area contributed by atoms with Crippen molar-refractivity contribution in [1.29, 1.82) is 0 Å².